The Kier molecular flexibility index (Phi) is 5.60. The lowest BCUT2D eigenvalue weighted by molar-refractivity contribution is 0.0527. The number of nitrogen functional groups attached to an aromatic ring is 1. The third kappa shape index (κ3) is 4.12. The van der Waals surface area contributed by atoms with Gasteiger partial charge in [-0.3, -0.25) is 0 Å². The molecule has 1 rings (SSSR count). The van der Waals surface area contributed by atoms with Crippen molar-refractivity contribution in [3.63, 3.8) is 0 Å². The van der Waals surface area contributed by atoms with Crippen LogP contribution in [-0.4, -0.2) is 23.6 Å². The van der Waals surface area contributed by atoms with Crippen LogP contribution in [0, 0.1) is 5.92 Å². The maximum atomic E-state index is 11.9. The first-order chi connectivity index (χ1) is 8.99. The molecule has 1 heterocycles. The average Bonchev–Trinajstić information content (AvgIpc) is 2.37. The molecule has 106 valence electrons. The van der Waals surface area contributed by atoms with Gasteiger partial charge in [0.25, 0.3) is 0 Å². The second kappa shape index (κ2) is 6.97. The topological polar surface area (TPSA) is 77.2 Å². The number of carbonyl (C=O) groups excluding carboxylic acids is 1. The van der Waals surface area contributed by atoms with Crippen molar-refractivity contribution >= 4 is 17.5 Å². The smallest absolute Gasteiger partial charge is 0.340 e. The summed E-state index contributed by atoms with van der Waals surface area (Å²) in [5.41, 5.74) is 6.75. The van der Waals surface area contributed by atoms with Crippen molar-refractivity contribution < 1.29 is 9.53 Å². The Bertz CT molecular complexity index is 433. The molecule has 0 amide bonds. The maximum absolute atomic E-state index is 11.9. The zero-order valence-electron chi connectivity index (χ0n) is 12.1. The molecule has 0 saturated carbocycles. The second-order valence-corrected chi connectivity index (χ2v) is 4.78. The fraction of sp³-hybridized carbons (Fsp3) is 0.571. The number of pyridine rings is 1. The second-order valence-electron chi connectivity index (χ2n) is 4.78. The highest BCUT2D eigenvalue weighted by atomic mass is 16.5. The van der Waals surface area contributed by atoms with Crippen LogP contribution in [0.1, 0.15) is 44.5 Å². The largest absolute Gasteiger partial charge is 0.462 e. The van der Waals surface area contributed by atoms with E-state index in [9.17, 15) is 4.79 Å². The van der Waals surface area contributed by atoms with Gasteiger partial charge in [-0.15, -0.1) is 0 Å². The van der Waals surface area contributed by atoms with E-state index in [0.29, 0.717) is 29.6 Å². The number of nitrogens with zero attached hydrogens (tertiary/aromatic N) is 1. The molecule has 1 aromatic rings. The minimum absolute atomic E-state index is 0.276. The Labute approximate surface area is 114 Å². The van der Waals surface area contributed by atoms with E-state index < -0.39 is 0 Å². The molecule has 1 aromatic heterocycles. The quantitative estimate of drug-likeness (QED) is 0.773. The first-order valence-corrected chi connectivity index (χ1v) is 6.68. The number of anilines is 2. The van der Waals surface area contributed by atoms with Gasteiger partial charge in [-0.2, -0.15) is 0 Å². The van der Waals surface area contributed by atoms with Crippen LogP contribution in [0.2, 0.25) is 0 Å². The molecule has 0 aromatic carbocycles. The minimum atomic E-state index is -0.377. The van der Waals surface area contributed by atoms with E-state index in [-0.39, 0.29) is 12.0 Å². The monoisotopic (exact) mass is 265 g/mol. The third-order valence-corrected chi connectivity index (χ3v) is 3.01. The summed E-state index contributed by atoms with van der Waals surface area (Å²) in [7, 11) is 0. The highest BCUT2D eigenvalue weighted by Gasteiger charge is 2.17. The van der Waals surface area contributed by atoms with E-state index in [1.165, 1.54) is 0 Å². The van der Waals surface area contributed by atoms with Crippen molar-refractivity contribution in [1.29, 1.82) is 0 Å². The molecule has 1 unspecified atom stereocenters. The molecular formula is C14H23N3O2. The van der Waals surface area contributed by atoms with E-state index in [2.05, 4.69) is 31.1 Å². The summed E-state index contributed by atoms with van der Waals surface area (Å²) in [4.78, 5) is 15.9. The summed E-state index contributed by atoms with van der Waals surface area (Å²) in [6.07, 6.45) is 2.55. The Hall–Kier alpha value is -1.78. The molecule has 0 radical (unpaired) electrons. The molecule has 19 heavy (non-hydrogen) atoms. The minimum Gasteiger partial charge on any atom is -0.462 e. The van der Waals surface area contributed by atoms with Crippen LogP contribution in [0.4, 0.5) is 11.5 Å². The first-order valence-electron chi connectivity index (χ1n) is 6.68. The van der Waals surface area contributed by atoms with Crippen LogP contribution in [0.15, 0.2) is 12.3 Å². The molecule has 0 fully saturated rings. The predicted molar refractivity (Wildman–Crippen MR) is 77.1 cm³/mol. The summed E-state index contributed by atoms with van der Waals surface area (Å²) in [5, 5.41) is 3.34. The maximum Gasteiger partial charge on any atom is 0.340 e. The van der Waals surface area contributed by atoms with Gasteiger partial charge in [0.2, 0.25) is 0 Å². The third-order valence-electron chi connectivity index (χ3n) is 3.01. The van der Waals surface area contributed by atoms with Crippen LogP contribution in [0.5, 0.6) is 0 Å². The number of hydrogen-bond donors (Lipinski definition) is 2. The summed E-state index contributed by atoms with van der Waals surface area (Å²) in [6.45, 7) is 8.48. The lowest BCUT2D eigenvalue weighted by atomic mass is 10.0. The van der Waals surface area contributed by atoms with E-state index >= 15 is 0 Å². The Morgan fingerprint density at radius 1 is 1.47 bits per heavy atom. The summed E-state index contributed by atoms with van der Waals surface area (Å²) >= 11 is 0. The fourth-order valence-electron chi connectivity index (χ4n) is 1.90. The van der Waals surface area contributed by atoms with Gasteiger partial charge in [-0.1, -0.05) is 20.8 Å². The molecular weight excluding hydrogens is 242 g/mol. The number of ether oxygens (including phenoxy) is 1. The number of nitrogens with two attached hydrogens (primary N) is 1. The van der Waals surface area contributed by atoms with Crippen molar-refractivity contribution in [2.24, 2.45) is 5.92 Å². The van der Waals surface area contributed by atoms with Crippen molar-refractivity contribution in [2.45, 2.75) is 40.2 Å². The summed E-state index contributed by atoms with van der Waals surface area (Å²) in [5.74, 6) is 0.390. The van der Waals surface area contributed by atoms with E-state index in [1.54, 1.807) is 19.2 Å². The van der Waals surface area contributed by atoms with Crippen LogP contribution < -0.4 is 11.1 Å². The molecule has 0 saturated heterocycles. The summed E-state index contributed by atoms with van der Waals surface area (Å²) < 4.78 is 5.04. The van der Waals surface area contributed by atoms with E-state index in [1.807, 2.05) is 0 Å². The molecule has 1 atom stereocenters. The molecule has 3 N–H and O–H groups in total. The molecule has 0 aliphatic rings. The van der Waals surface area contributed by atoms with Gasteiger partial charge in [-0.05, 0) is 25.3 Å². The van der Waals surface area contributed by atoms with Crippen molar-refractivity contribution in [2.75, 3.05) is 17.7 Å². The number of nitrogens with one attached hydrogen (secondary N) is 1. The predicted octanol–water partition coefficient (Wildman–Crippen LogP) is 2.69. The standard InChI is InChI=1S/C14H23N3O2/c1-5-11(9(3)4)17-12-8-16-13(15)7-10(12)14(18)19-6-2/h7-9,11,17H,5-6H2,1-4H3,(H2,15,16). The number of aromatic nitrogens is 1. The van der Waals surface area contributed by atoms with Gasteiger partial charge in [0.05, 0.1) is 24.1 Å². The molecule has 0 aliphatic carbocycles. The lowest BCUT2D eigenvalue weighted by Crippen LogP contribution is -2.26. The van der Waals surface area contributed by atoms with Gasteiger partial charge in [0, 0.05) is 6.04 Å². The van der Waals surface area contributed by atoms with Crippen molar-refractivity contribution in [3.05, 3.63) is 17.8 Å². The van der Waals surface area contributed by atoms with Crippen LogP contribution in [-0.2, 0) is 4.74 Å². The van der Waals surface area contributed by atoms with Gasteiger partial charge in [0.1, 0.15) is 5.82 Å². The zero-order valence-corrected chi connectivity index (χ0v) is 12.1. The van der Waals surface area contributed by atoms with Crippen molar-refractivity contribution in [1.82, 2.24) is 4.98 Å². The van der Waals surface area contributed by atoms with Crippen LogP contribution in [0.25, 0.3) is 0 Å². The number of rotatable bonds is 6. The number of carbonyl (C=O) groups is 1. The zero-order chi connectivity index (χ0) is 14.4. The highest BCUT2D eigenvalue weighted by molar-refractivity contribution is 5.96. The fourth-order valence-corrected chi connectivity index (χ4v) is 1.90. The molecule has 0 spiro atoms. The highest BCUT2D eigenvalue weighted by Crippen LogP contribution is 2.21. The number of esters is 1. The average molecular weight is 265 g/mol. The molecule has 0 bridgehead atoms. The number of hydrogen-bond acceptors (Lipinski definition) is 5. The van der Waals surface area contributed by atoms with Crippen LogP contribution >= 0.6 is 0 Å². The summed E-state index contributed by atoms with van der Waals surface area (Å²) in [6, 6.07) is 1.83. The lowest BCUT2D eigenvalue weighted by Gasteiger charge is -2.23. The molecule has 5 nitrogen and oxygen atoms in total. The van der Waals surface area contributed by atoms with Crippen LogP contribution in [0.3, 0.4) is 0 Å². The van der Waals surface area contributed by atoms with Gasteiger partial charge in [0.15, 0.2) is 0 Å². The Balaban J connectivity index is 3.02. The van der Waals surface area contributed by atoms with E-state index in [4.69, 9.17) is 10.5 Å². The van der Waals surface area contributed by atoms with Gasteiger partial charge >= 0.3 is 5.97 Å². The SMILES string of the molecule is CCOC(=O)c1cc(N)ncc1NC(CC)C(C)C. The van der Waals surface area contributed by atoms with E-state index in [0.717, 1.165) is 6.42 Å². The molecule has 0 aliphatic heterocycles. The Morgan fingerprint density at radius 3 is 2.68 bits per heavy atom. The first kappa shape index (κ1) is 15.3. The van der Waals surface area contributed by atoms with Gasteiger partial charge < -0.3 is 15.8 Å². The Morgan fingerprint density at radius 2 is 2.16 bits per heavy atom. The van der Waals surface area contributed by atoms with Gasteiger partial charge in [-0.25, -0.2) is 9.78 Å². The normalized spacial score (nSPS) is 12.3. The van der Waals surface area contributed by atoms with Crippen molar-refractivity contribution in [3.8, 4) is 0 Å². The molecule has 5 heteroatoms.